The van der Waals surface area contributed by atoms with Crippen molar-refractivity contribution in [3.8, 4) is 17.2 Å². The molecule has 0 spiro atoms. The fourth-order valence-corrected chi connectivity index (χ4v) is 7.21. The van der Waals surface area contributed by atoms with E-state index >= 15 is 0 Å². The van der Waals surface area contributed by atoms with Gasteiger partial charge in [0.25, 0.3) is 0 Å². The lowest BCUT2D eigenvalue weighted by molar-refractivity contribution is 0.103. The minimum absolute atomic E-state index is 0.0195. The highest BCUT2D eigenvalue weighted by Crippen LogP contribution is 2.46. The van der Waals surface area contributed by atoms with Gasteiger partial charge in [0, 0.05) is 22.3 Å². The molecule has 0 aliphatic heterocycles. The molecule has 0 fully saturated rings. The zero-order valence-electron chi connectivity index (χ0n) is 32.8. The number of carbonyl (C=O) groups is 2. The molecular formula is C54H43FO4. The number of phenolic OH excluding ortho intramolecular Hbond substituents is 1. The molecule has 0 saturated heterocycles. The molecule has 0 amide bonds. The molecule has 0 radical (unpaired) electrons. The van der Waals surface area contributed by atoms with Gasteiger partial charge >= 0.3 is 0 Å². The summed E-state index contributed by atoms with van der Waals surface area (Å²) in [5.41, 5.74) is 7.33. The Balaban J connectivity index is 0.000000245. The summed E-state index contributed by atoms with van der Waals surface area (Å²) in [4.78, 5) is 24.9. The van der Waals surface area contributed by atoms with E-state index in [1.165, 1.54) is 29.8 Å². The first kappa shape index (κ1) is 39.8. The summed E-state index contributed by atoms with van der Waals surface area (Å²) < 4.78 is 19.0. The van der Waals surface area contributed by atoms with Crippen LogP contribution in [0, 0.1) is 5.82 Å². The molecule has 8 aromatic carbocycles. The minimum Gasteiger partial charge on any atom is -0.508 e. The van der Waals surface area contributed by atoms with Crippen LogP contribution in [0.3, 0.4) is 0 Å². The lowest BCUT2D eigenvalue weighted by Crippen LogP contribution is -2.30. The summed E-state index contributed by atoms with van der Waals surface area (Å²) in [6.07, 6.45) is 0. The van der Waals surface area contributed by atoms with E-state index in [1.54, 1.807) is 24.3 Å². The van der Waals surface area contributed by atoms with Crippen LogP contribution in [0.15, 0.2) is 212 Å². The molecule has 8 aromatic rings. The lowest BCUT2D eigenvalue weighted by atomic mass is 9.65. The summed E-state index contributed by atoms with van der Waals surface area (Å²) in [6.45, 7) is 4.22. The van der Waals surface area contributed by atoms with Crippen molar-refractivity contribution in [1.29, 1.82) is 0 Å². The second-order valence-electron chi connectivity index (χ2n) is 14.5. The number of aromatic hydroxyl groups is 1. The summed E-state index contributed by atoms with van der Waals surface area (Å²) in [5, 5.41) is 10.1. The Morgan fingerprint density at radius 2 is 0.780 bits per heavy atom. The quantitative estimate of drug-likeness (QED) is 0.105. The van der Waals surface area contributed by atoms with Crippen molar-refractivity contribution >= 4 is 11.6 Å². The smallest absolute Gasteiger partial charge is 0.193 e. The molecule has 0 aliphatic rings. The first-order valence-corrected chi connectivity index (χ1v) is 19.5. The maximum Gasteiger partial charge on any atom is 0.193 e. The predicted molar refractivity (Wildman–Crippen MR) is 233 cm³/mol. The molecule has 4 nitrogen and oxygen atoms in total. The van der Waals surface area contributed by atoms with Crippen LogP contribution in [0.5, 0.6) is 17.2 Å². The highest BCUT2D eigenvalue weighted by molar-refractivity contribution is 6.09. The van der Waals surface area contributed by atoms with Crippen LogP contribution in [0.2, 0.25) is 0 Å². The average molecular weight is 775 g/mol. The lowest BCUT2D eigenvalue weighted by Gasteiger charge is -2.37. The first-order chi connectivity index (χ1) is 28.7. The second kappa shape index (κ2) is 18.3. The van der Waals surface area contributed by atoms with E-state index in [9.17, 15) is 19.1 Å². The van der Waals surface area contributed by atoms with Gasteiger partial charge in [0.1, 0.15) is 23.1 Å². The molecule has 0 bridgehead atoms. The Hall–Kier alpha value is -7.37. The van der Waals surface area contributed by atoms with Crippen LogP contribution in [0.25, 0.3) is 0 Å². The normalized spacial score (nSPS) is 11.0. The topological polar surface area (TPSA) is 63.6 Å². The molecule has 0 saturated carbocycles. The van der Waals surface area contributed by atoms with Gasteiger partial charge < -0.3 is 9.84 Å². The molecule has 0 atom stereocenters. The average Bonchev–Trinajstić information content (AvgIpc) is 3.29. The van der Waals surface area contributed by atoms with Crippen molar-refractivity contribution in [3.05, 3.63) is 268 Å². The monoisotopic (exact) mass is 774 g/mol. The third kappa shape index (κ3) is 9.11. The molecular weight excluding hydrogens is 732 g/mol. The fourth-order valence-electron chi connectivity index (χ4n) is 7.21. The molecule has 0 aliphatic carbocycles. The summed E-state index contributed by atoms with van der Waals surface area (Å²) in [5.74, 6) is 1.58. The molecule has 0 unspecified atom stereocenters. The molecule has 5 heteroatoms. The van der Waals surface area contributed by atoms with E-state index in [2.05, 4.69) is 74.5 Å². The van der Waals surface area contributed by atoms with Crippen LogP contribution in [0.4, 0.5) is 4.39 Å². The number of hydrogen-bond donors (Lipinski definition) is 1. The Bertz CT molecular complexity index is 2550. The number of benzene rings is 8. The van der Waals surface area contributed by atoms with Gasteiger partial charge in [0.15, 0.2) is 11.6 Å². The van der Waals surface area contributed by atoms with Crippen LogP contribution >= 0.6 is 0 Å². The highest BCUT2D eigenvalue weighted by Gasteiger charge is 2.38. The number of rotatable bonds is 11. The van der Waals surface area contributed by atoms with Gasteiger partial charge in [-0.25, -0.2) is 4.39 Å². The molecule has 1 N–H and O–H groups in total. The Kier molecular flexibility index (Phi) is 12.3. The van der Waals surface area contributed by atoms with E-state index < -0.39 is 5.41 Å². The van der Waals surface area contributed by atoms with E-state index in [-0.39, 0.29) is 23.1 Å². The number of hydrogen-bond acceptors (Lipinski definition) is 4. The van der Waals surface area contributed by atoms with Crippen molar-refractivity contribution in [1.82, 2.24) is 0 Å². The van der Waals surface area contributed by atoms with Crippen LogP contribution < -0.4 is 4.74 Å². The maximum absolute atomic E-state index is 12.8. The SMILES string of the molecule is CC(C)c1ccc(C(=O)c2ccc(F)cc2)cc1.O=C(c1ccccc1)c1ccc(Oc2ccc(C(c3ccccc3)(c3ccccc3)c3ccc(O)cc3)cc2)cc1. The largest absolute Gasteiger partial charge is 0.508 e. The molecule has 59 heavy (non-hydrogen) atoms. The first-order valence-electron chi connectivity index (χ1n) is 19.5. The second-order valence-corrected chi connectivity index (χ2v) is 14.5. The van der Waals surface area contributed by atoms with Gasteiger partial charge in [0.05, 0.1) is 5.41 Å². The van der Waals surface area contributed by atoms with Crippen molar-refractivity contribution < 1.29 is 23.8 Å². The molecule has 0 aromatic heterocycles. The van der Waals surface area contributed by atoms with E-state index in [0.717, 1.165) is 22.3 Å². The summed E-state index contributed by atoms with van der Waals surface area (Å²) >= 11 is 0. The van der Waals surface area contributed by atoms with Crippen molar-refractivity contribution in [2.45, 2.75) is 25.2 Å². The fraction of sp³-hybridized carbons (Fsp3) is 0.0741. The zero-order valence-corrected chi connectivity index (χ0v) is 32.8. The summed E-state index contributed by atoms with van der Waals surface area (Å²) in [6, 6.07) is 66.0. The number of carbonyl (C=O) groups excluding carboxylic acids is 2. The zero-order chi connectivity index (χ0) is 41.2. The van der Waals surface area contributed by atoms with Crippen molar-refractivity contribution in [3.63, 3.8) is 0 Å². The molecule has 8 rings (SSSR count). The van der Waals surface area contributed by atoms with Gasteiger partial charge in [-0.15, -0.1) is 0 Å². The van der Waals surface area contributed by atoms with Gasteiger partial charge in [-0.05, 0) is 107 Å². The highest BCUT2D eigenvalue weighted by atomic mass is 19.1. The third-order valence-electron chi connectivity index (χ3n) is 10.3. The van der Waals surface area contributed by atoms with Gasteiger partial charge in [-0.3, -0.25) is 9.59 Å². The predicted octanol–water partition coefficient (Wildman–Crippen LogP) is 13.0. The van der Waals surface area contributed by atoms with Gasteiger partial charge in [0.2, 0.25) is 0 Å². The summed E-state index contributed by atoms with van der Waals surface area (Å²) in [7, 11) is 0. The van der Waals surface area contributed by atoms with E-state index in [4.69, 9.17) is 4.74 Å². The molecule has 0 heterocycles. The van der Waals surface area contributed by atoms with Crippen LogP contribution in [0.1, 0.15) is 79.4 Å². The standard InChI is InChI=1S/C38H28O3.C16H15FO/c39-34-22-18-32(19-23-34)38(30-12-6-2-7-13-30,31-14-8-3-9-15-31)33-20-26-36(27-21-33)41-35-24-16-29(17-25-35)37(40)28-10-4-1-5-11-28;1-11(2)12-3-5-13(6-4-12)16(18)14-7-9-15(17)10-8-14/h1-27,39H;3-11H,1-2H3. The minimum atomic E-state index is -0.617. The third-order valence-corrected chi connectivity index (χ3v) is 10.3. The van der Waals surface area contributed by atoms with Crippen LogP contribution in [-0.4, -0.2) is 16.7 Å². The van der Waals surface area contributed by atoms with Crippen molar-refractivity contribution in [2.24, 2.45) is 0 Å². The number of ketones is 2. The molecule has 290 valence electrons. The van der Waals surface area contributed by atoms with Crippen molar-refractivity contribution in [2.75, 3.05) is 0 Å². The number of phenols is 1. The van der Waals surface area contributed by atoms with E-state index in [0.29, 0.717) is 39.7 Å². The Morgan fingerprint density at radius 3 is 1.22 bits per heavy atom. The van der Waals surface area contributed by atoms with Gasteiger partial charge in [-0.1, -0.05) is 153 Å². The van der Waals surface area contributed by atoms with Crippen LogP contribution in [-0.2, 0) is 5.41 Å². The maximum atomic E-state index is 12.8. The number of ether oxygens (including phenoxy) is 1. The van der Waals surface area contributed by atoms with Gasteiger partial charge in [-0.2, -0.15) is 0 Å². The number of halogens is 1. The Morgan fingerprint density at radius 1 is 0.441 bits per heavy atom. The Labute approximate surface area is 344 Å². The van der Waals surface area contributed by atoms with E-state index in [1.807, 2.05) is 103 Å².